The van der Waals surface area contributed by atoms with E-state index < -0.39 is 0 Å². The van der Waals surface area contributed by atoms with Crippen LogP contribution in [-0.2, 0) is 0 Å². The summed E-state index contributed by atoms with van der Waals surface area (Å²) in [5.74, 6) is 0. The van der Waals surface area contributed by atoms with Crippen LogP contribution in [0.4, 0.5) is 5.69 Å². The Bertz CT molecular complexity index is 317. The van der Waals surface area contributed by atoms with Crippen molar-refractivity contribution in [3.63, 3.8) is 0 Å². The van der Waals surface area contributed by atoms with Crippen molar-refractivity contribution in [2.75, 3.05) is 18.9 Å². The Morgan fingerprint density at radius 2 is 1.67 bits per heavy atom. The molecule has 0 aliphatic rings. The number of halogens is 2. The van der Waals surface area contributed by atoms with E-state index in [9.17, 15) is 0 Å². The summed E-state index contributed by atoms with van der Waals surface area (Å²) >= 11 is 11.8. The topological polar surface area (TPSA) is 24.1 Å². The molecular weight excluding hydrogens is 231 g/mol. The van der Waals surface area contributed by atoms with Gasteiger partial charge in [-0.1, -0.05) is 23.2 Å². The first kappa shape index (κ1) is 12.6. The zero-order valence-electron chi connectivity index (χ0n) is 9.20. The van der Waals surface area contributed by atoms with E-state index in [1.54, 1.807) is 6.07 Å². The standard InChI is InChI=1S/C11H16Cl2N2/c1-11(2,7-14-3)15-10-5-8(12)4-9(13)6-10/h4-6,14-15H,7H2,1-3H3. The first-order valence-corrected chi connectivity index (χ1v) is 5.57. The molecule has 0 aliphatic heterocycles. The van der Waals surface area contributed by atoms with Gasteiger partial charge in [-0.15, -0.1) is 0 Å². The average molecular weight is 247 g/mol. The Morgan fingerprint density at radius 1 is 1.13 bits per heavy atom. The molecule has 2 nitrogen and oxygen atoms in total. The summed E-state index contributed by atoms with van der Waals surface area (Å²) in [6.45, 7) is 5.08. The number of benzene rings is 1. The van der Waals surface area contributed by atoms with Crippen LogP contribution in [0, 0.1) is 0 Å². The van der Waals surface area contributed by atoms with Gasteiger partial charge in [0.25, 0.3) is 0 Å². The maximum absolute atomic E-state index is 5.92. The van der Waals surface area contributed by atoms with Gasteiger partial charge in [-0.3, -0.25) is 0 Å². The van der Waals surface area contributed by atoms with E-state index in [4.69, 9.17) is 23.2 Å². The van der Waals surface area contributed by atoms with Crippen LogP contribution in [0.5, 0.6) is 0 Å². The number of hydrogen-bond donors (Lipinski definition) is 2. The summed E-state index contributed by atoms with van der Waals surface area (Å²) in [5, 5.41) is 7.79. The molecular formula is C11H16Cl2N2. The van der Waals surface area contributed by atoms with Gasteiger partial charge in [-0.25, -0.2) is 0 Å². The lowest BCUT2D eigenvalue weighted by Crippen LogP contribution is -2.40. The van der Waals surface area contributed by atoms with Crippen LogP contribution in [0.15, 0.2) is 18.2 Å². The molecule has 0 unspecified atom stereocenters. The lowest BCUT2D eigenvalue weighted by atomic mass is 10.1. The minimum Gasteiger partial charge on any atom is -0.379 e. The number of nitrogens with one attached hydrogen (secondary N) is 2. The van der Waals surface area contributed by atoms with Gasteiger partial charge in [0, 0.05) is 27.8 Å². The Labute approximate surface area is 101 Å². The van der Waals surface area contributed by atoms with Crippen molar-refractivity contribution in [2.24, 2.45) is 0 Å². The molecule has 0 bridgehead atoms. The zero-order chi connectivity index (χ0) is 11.5. The molecule has 0 amide bonds. The first-order chi connectivity index (χ1) is 6.93. The quantitative estimate of drug-likeness (QED) is 0.852. The van der Waals surface area contributed by atoms with Crippen LogP contribution in [0.25, 0.3) is 0 Å². The fraction of sp³-hybridized carbons (Fsp3) is 0.455. The molecule has 1 aromatic rings. The summed E-state index contributed by atoms with van der Waals surface area (Å²) in [6.07, 6.45) is 0. The monoisotopic (exact) mass is 246 g/mol. The van der Waals surface area contributed by atoms with Gasteiger partial charge >= 0.3 is 0 Å². The average Bonchev–Trinajstić information content (AvgIpc) is 1.99. The third-order valence-electron chi connectivity index (χ3n) is 1.96. The molecule has 1 aromatic carbocycles. The van der Waals surface area contributed by atoms with Crippen LogP contribution >= 0.6 is 23.2 Å². The highest BCUT2D eigenvalue weighted by atomic mass is 35.5. The summed E-state index contributed by atoms with van der Waals surface area (Å²) < 4.78 is 0. The predicted molar refractivity (Wildman–Crippen MR) is 68.1 cm³/mol. The van der Waals surface area contributed by atoms with Crippen LogP contribution in [0.3, 0.4) is 0 Å². The van der Waals surface area contributed by atoms with Crippen molar-refractivity contribution in [1.82, 2.24) is 5.32 Å². The molecule has 1 rings (SSSR count). The van der Waals surface area contributed by atoms with E-state index >= 15 is 0 Å². The van der Waals surface area contributed by atoms with E-state index in [1.165, 1.54) is 0 Å². The molecule has 4 heteroatoms. The molecule has 0 saturated carbocycles. The van der Waals surface area contributed by atoms with Gasteiger partial charge < -0.3 is 10.6 Å². The number of hydrogen-bond acceptors (Lipinski definition) is 2. The number of rotatable bonds is 4. The fourth-order valence-corrected chi connectivity index (χ4v) is 2.03. The number of anilines is 1. The highest BCUT2D eigenvalue weighted by Gasteiger charge is 2.16. The Morgan fingerprint density at radius 3 is 2.13 bits per heavy atom. The molecule has 84 valence electrons. The van der Waals surface area contributed by atoms with Gasteiger partial charge in [-0.05, 0) is 39.1 Å². The molecule has 0 saturated heterocycles. The van der Waals surface area contributed by atoms with Crippen molar-refractivity contribution >= 4 is 28.9 Å². The minimum atomic E-state index is -0.0389. The Hall–Kier alpha value is -0.440. The highest BCUT2D eigenvalue weighted by molar-refractivity contribution is 6.35. The molecule has 0 radical (unpaired) electrons. The highest BCUT2D eigenvalue weighted by Crippen LogP contribution is 2.24. The molecule has 2 N–H and O–H groups in total. The van der Waals surface area contributed by atoms with Crippen molar-refractivity contribution in [3.8, 4) is 0 Å². The lowest BCUT2D eigenvalue weighted by molar-refractivity contribution is 0.530. The number of likely N-dealkylation sites (N-methyl/N-ethyl adjacent to an activating group) is 1. The smallest absolute Gasteiger partial charge is 0.0441 e. The van der Waals surface area contributed by atoms with Gasteiger partial charge in [0.05, 0.1) is 0 Å². The largest absolute Gasteiger partial charge is 0.379 e. The summed E-state index contributed by atoms with van der Waals surface area (Å²) in [5.41, 5.74) is 0.899. The fourth-order valence-electron chi connectivity index (χ4n) is 1.50. The molecule has 15 heavy (non-hydrogen) atoms. The second kappa shape index (κ2) is 5.06. The maximum Gasteiger partial charge on any atom is 0.0441 e. The van der Waals surface area contributed by atoms with Gasteiger partial charge in [-0.2, -0.15) is 0 Å². The second-order valence-electron chi connectivity index (χ2n) is 4.20. The van der Waals surface area contributed by atoms with Crippen LogP contribution in [0.1, 0.15) is 13.8 Å². The Kier molecular flexibility index (Phi) is 4.26. The molecule has 0 spiro atoms. The molecule has 0 fully saturated rings. The van der Waals surface area contributed by atoms with Crippen molar-refractivity contribution < 1.29 is 0 Å². The molecule has 0 aromatic heterocycles. The predicted octanol–water partition coefficient (Wildman–Crippen LogP) is 3.40. The van der Waals surface area contributed by atoms with Gasteiger partial charge in [0.2, 0.25) is 0 Å². The van der Waals surface area contributed by atoms with Crippen molar-refractivity contribution in [2.45, 2.75) is 19.4 Å². The van der Waals surface area contributed by atoms with E-state index in [-0.39, 0.29) is 5.54 Å². The third-order valence-corrected chi connectivity index (χ3v) is 2.40. The van der Waals surface area contributed by atoms with Crippen LogP contribution in [0.2, 0.25) is 10.0 Å². The van der Waals surface area contributed by atoms with Gasteiger partial charge in [0.1, 0.15) is 0 Å². The van der Waals surface area contributed by atoms with Crippen LogP contribution in [-0.4, -0.2) is 19.1 Å². The zero-order valence-corrected chi connectivity index (χ0v) is 10.7. The van der Waals surface area contributed by atoms with E-state index in [0.29, 0.717) is 10.0 Å². The van der Waals surface area contributed by atoms with Crippen molar-refractivity contribution in [3.05, 3.63) is 28.2 Å². The molecule has 0 heterocycles. The van der Waals surface area contributed by atoms with E-state index in [1.807, 2.05) is 19.2 Å². The summed E-state index contributed by atoms with van der Waals surface area (Å²) in [6, 6.07) is 5.45. The first-order valence-electron chi connectivity index (χ1n) is 4.82. The lowest BCUT2D eigenvalue weighted by Gasteiger charge is -2.27. The van der Waals surface area contributed by atoms with E-state index in [0.717, 1.165) is 12.2 Å². The van der Waals surface area contributed by atoms with E-state index in [2.05, 4.69) is 24.5 Å². The van der Waals surface area contributed by atoms with Gasteiger partial charge in [0.15, 0.2) is 0 Å². The maximum atomic E-state index is 5.92. The Balaban J connectivity index is 2.80. The summed E-state index contributed by atoms with van der Waals surface area (Å²) in [4.78, 5) is 0. The second-order valence-corrected chi connectivity index (χ2v) is 5.07. The third kappa shape index (κ3) is 4.29. The van der Waals surface area contributed by atoms with Crippen molar-refractivity contribution in [1.29, 1.82) is 0 Å². The minimum absolute atomic E-state index is 0.0389. The summed E-state index contributed by atoms with van der Waals surface area (Å²) in [7, 11) is 1.92. The molecule has 0 atom stereocenters. The SMILES string of the molecule is CNCC(C)(C)Nc1cc(Cl)cc(Cl)c1. The normalized spacial score (nSPS) is 11.5. The van der Waals surface area contributed by atoms with Crippen LogP contribution < -0.4 is 10.6 Å². The molecule has 0 aliphatic carbocycles.